The molecule has 1 fully saturated rings. The molecule has 1 N–H and O–H groups in total. The van der Waals surface area contributed by atoms with Crippen molar-refractivity contribution >= 4 is 23.2 Å². The maximum atomic E-state index is 6.08. The van der Waals surface area contributed by atoms with Crippen molar-refractivity contribution in [1.29, 1.82) is 0 Å². The first-order valence-corrected chi connectivity index (χ1v) is 6.28. The summed E-state index contributed by atoms with van der Waals surface area (Å²) in [6.45, 7) is 2.56. The number of hydrogen-bond acceptors (Lipinski definition) is 2. The quantitative estimate of drug-likeness (QED) is 0.900. The van der Waals surface area contributed by atoms with Crippen LogP contribution in [0.4, 0.5) is 0 Å². The van der Waals surface area contributed by atoms with Gasteiger partial charge in [0.1, 0.15) is 0 Å². The summed E-state index contributed by atoms with van der Waals surface area (Å²) >= 11 is 12.0. The van der Waals surface area contributed by atoms with Gasteiger partial charge >= 0.3 is 0 Å². The van der Waals surface area contributed by atoms with Crippen LogP contribution in [0.2, 0.25) is 10.0 Å². The minimum atomic E-state index is 0.295. The molecule has 0 unspecified atom stereocenters. The van der Waals surface area contributed by atoms with Gasteiger partial charge in [0.2, 0.25) is 0 Å². The van der Waals surface area contributed by atoms with Crippen LogP contribution in [0.1, 0.15) is 18.4 Å². The highest BCUT2D eigenvalue weighted by Crippen LogP contribution is 2.26. The summed E-state index contributed by atoms with van der Waals surface area (Å²) in [4.78, 5) is 0. The number of nitrogens with one attached hydrogen (secondary N) is 1. The van der Waals surface area contributed by atoms with Gasteiger partial charge in [-0.3, -0.25) is 0 Å². The largest absolute Gasteiger partial charge is 0.372 e. The Balaban J connectivity index is 1.91. The Morgan fingerprint density at radius 2 is 2.25 bits per heavy atom. The fourth-order valence-electron chi connectivity index (χ4n) is 1.83. The Kier molecular flexibility index (Phi) is 4.47. The highest BCUT2D eigenvalue weighted by molar-refractivity contribution is 6.42. The van der Waals surface area contributed by atoms with E-state index in [4.69, 9.17) is 27.9 Å². The van der Waals surface area contributed by atoms with Crippen LogP contribution in [0, 0.1) is 0 Å². The van der Waals surface area contributed by atoms with E-state index in [9.17, 15) is 0 Å². The first kappa shape index (κ1) is 12.2. The van der Waals surface area contributed by atoms with Crippen molar-refractivity contribution in [3.63, 3.8) is 0 Å². The molecule has 1 aromatic rings. The summed E-state index contributed by atoms with van der Waals surface area (Å²) in [6, 6.07) is 5.63. The highest BCUT2D eigenvalue weighted by atomic mass is 35.5. The van der Waals surface area contributed by atoms with Crippen LogP contribution in [-0.2, 0) is 11.3 Å². The Hall–Kier alpha value is -0.280. The second-order valence-electron chi connectivity index (χ2n) is 3.99. The maximum absolute atomic E-state index is 6.08. The third-order valence-corrected chi connectivity index (χ3v) is 3.62. The molecule has 1 atom stereocenters. The first-order chi connectivity index (χ1) is 7.77. The molecule has 0 aromatic heterocycles. The molecule has 2 rings (SSSR count). The van der Waals surface area contributed by atoms with E-state index in [0.29, 0.717) is 22.8 Å². The lowest BCUT2D eigenvalue weighted by atomic mass is 10.1. The molecule has 2 nitrogen and oxygen atoms in total. The molecule has 0 spiro atoms. The second-order valence-corrected chi connectivity index (χ2v) is 4.78. The summed E-state index contributed by atoms with van der Waals surface area (Å²) in [5.41, 5.74) is 0.958. The fraction of sp³-hybridized carbons (Fsp3) is 0.500. The number of piperidine rings is 1. The van der Waals surface area contributed by atoms with Crippen molar-refractivity contribution < 1.29 is 4.74 Å². The van der Waals surface area contributed by atoms with E-state index in [0.717, 1.165) is 25.1 Å². The molecule has 1 aliphatic heterocycles. The van der Waals surface area contributed by atoms with Crippen LogP contribution in [0.3, 0.4) is 0 Å². The fourth-order valence-corrected chi connectivity index (χ4v) is 2.20. The van der Waals surface area contributed by atoms with Crippen LogP contribution in [0.25, 0.3) is 0 Å². The number of benzene rings is 1. The van der Waals surface area contributed by atoms with Crippen LogP contribution < -0.4 is 5.32 Å². The minimum absolute atomic E-state index is 0.295. The smallest absolute Gasteiger partial charge is 0.0736 e. The molecule has 1 aliphatic rings. The van der Waals surface area contributed by atoms with Gasteiger partial charge in [0.05, 0.1) is 22.8 Å². The lowest BCUT2D eigenvalue weighted by Crippen LogP contribution is -2.35. The summed E-state index contributed by atoms with van der Waals surface area (Å²) in [6.07, 6.45) is 2.59. The topological polar surface area (TPSA) is 21.3 Å². The van der Waals surface area contributed by atoms with Crippen molar-refractivity contribution in [3.8, 4) is 0 Å². The highest BCUT2D eigenvalue weighted by Gasteiger charge is 2.14. The van der Waals surface area contributed by atoms with Crippen molar-refractivity contribution in [1.82, 2.24) is 5.32 Å². The van der Waals surface area contributed by atoms with Crippen LogP contribution >= 0.6 is 23.2 Å². The van der Waals surface area contributed by atoms with Gasteiger partial charge in [-0.2, -0.15) is 0 Å². The average Bonchev–Trinajstić information content (AvgIpc) is 2.32. The molecule has 0 saturated carbocycles. The van der Waals surface area contributed by atoms with Crippen molar-refractivity contribution in [2.75, 3.05) is 13.1 Å². The zero-order valence-corrected chi connectivity index (χ0v) is 10.5. The third kappa shape index (κ3) is 3.11. The zero-order valence-electron chi connectivity index (χ0n) is 9.01. The summed E-state index contributed by atoms with van der Waals surface area (Å²) in [7, 11) is 0. The Morgan fingerprint density at radius 1 is 1.38 bits per heavy atom. The summed E-state index contributed by atoms with van der Waals surface area (Å²) in [5, 5.41) is 4.51. The number of rotatable bonds is 3. The van der Waals surface area contributed by atoms with Crippen LogP contribution in [0.15, 0.2) is 18.2 Å². The normalized spacial score (nSPS) is 21.0. The lowest BCUT2D eigenvalue weighted by molar-refractivity contribution is 0.0253. The van der Waals surface area contributed by atoms with Gasteiger partial charge in [-0.25, -0.2) is 0 Å². The van der Waals surface area contributed by atoms with E-state index < -0.39 is 0 Å². The van der Waals surface area contributed by atoms with Crippen molar-refractivity contribution in [2.24, 2.45) is 0 Å². The molecule has 4 heteroatoms. The Bertz CT molecular complexity index is 351. The van der Waals surface area contributed by atoms with Crippen LogP contribution in [-0.4, -0.2) is 19.2 Å². The lowest BCUT2D eigenvalue weighted by Gasteiger charge is -2.23. The molecule has 16 heavy (non-hydrogen) atoms. The third-order valence-electron chi connectivity index (χ3n) is 2.76. The number of hydrogen-bond donors (Lipinski definition) is 1. The van der Waals surface area contributed by atoms with Gasteiger partial charge in [-0.1, -0.05) is 35.3 Å². The van der Waals surface area contributed by atoms with Crippen molar-refractivity contribution in [3.05, 3.63) is 33.8 Å². The van der Waals surface area contributed by atoms with Gasteiger partial charge < -0.3 is 10.1 Å². The van der Waals surface area contributed by atoms with E-state index in [-0.39, 0.29) is 0 Å². The average molecular weight is 260 g/mol. The van der Waals surface area contributed by atoms with E-state index in [1.54, 1.807) is 6.07 Å². The second kappa shape index (κ2) is 5.87. The van der Waals surface area contributed by atoms with E-state index in [1.165, 1.54) is 6.42 Å². The Labute approximate surface area is 106 Å². The first-order valence-electron chi connectivity index (χ1n) is 5.52. The van der Waals surface area contributed by atoms with Gasteiger partial charge in [0, 0.05) is 6.54 Å². The molecule has 0 bridgehead atoms. The van der Waals surface area contributed by atoms with Crippen molar-refractivity contribution in [2.45, 2.75) is 25.6 Å². The zero-order chi connectivity index (χ0) is 11.4. The van der Waals surface area contributed by atoms with E-state index in [2.05, 4.69) is 5.32 Å². The molecular formula is C12H15Cl2NO. The monoisotopic (exact) mass is 259 g/mol. The Morgan fingerprint density at radius 3 is 3.00 bits per heavy atom. The van der Waals surface area contributed by atoms with Gasteiger partial charge in [0.15, 0.2) is 0 Å². The van der Waals surface area contributed by atoms with Crippen LogP contribution in [0.5, 0.6) is 0 Å². The molecule has 0 radical (unpaired) electrons. The number of halogens is 2. The SMILES string of the molecule is Clc1cccc(CO[C@H]2CCCNC2)c1Cl. The molecule has 0 amide bonds. The molecular weight excluding hydrogens is 245 g/mol. The van der Waals surface area contributed by atoms with E-state index in [1.807, 2.05) is 12.1 Å². The molecule has 1 aromatic carbocycles. The molecule has 88 valence electrons. The predicted molar refractivity (Wildman–Crippen MR) is 67.1 cm³/mol. The van der Waals surface area contributed by atoms with E-state index >= 15 is 0 Å². The van der Waals surface area contributed by atoms with Gasteiger partial charge in [0.25, 0.3) is 0 Å². The van der Waals surface area contributed by atoms with Gasteiger partial charge in [-0.05, 0) is 31.0 Å². The molecule has 1 saturated heterocycles. The standard InChI is InChI=1S/C12H15Cl2NO/c13-11-5-1-3-9(12(11)14)8-16-10-4-2-6-15-7-10/h1,3,5,10,15H,2,4,6-8H2/t10-/m0/s1. The summed E-state index contributed by atoms with van der Waals surface area (Å²) < 4.78 is 5.80. The van der Waals surface area contributed by atoms with Gasteiger partial charge in [-0.15, -0.1) is 0 Å². The predicted octanol–water partition coefficient (Wildman–Crippen LogP) is 3.26. The summed E-state index contributed by atoms with van der Waals surface area (Å²) in [5.74, 6) is 0. The molecule has 1 heterocycles. The maximum Gasteiger partial charge on any atom is 0.0736 e. The molecule has 0 aliphatic carbocycles. The minimum Gasteiger partial charge on any atom is -0.372 e. The number of ether oxygens (including phenoxy) is 1.